The van der Waals surface area contributed by atoms with Gasteiger partial charge in [-0.3, -0.25) is 4.79 Å². The Balaban J connectivity index is 1.86. The molecule has 1 amide bonds. The minimum Gasteiger partial charge on any atom is -0.379 e. The number of amides is 1. The molecule has 0 aliphatic carbocycles. The molecule has 5 heteroatoms. The van der Waals surface area contributed by atoms with Gasteiger partial charge in [0.15, 0.2) is 0 Å². The largest absolute Gasteiger partial charge is 0.379 e. The molecule has 2 rings (SSSR count). The SMILES string of the molecule is CC1OCCC1NC(=O)C1COCC1N. The minimum absolute atomic E-state index is 0.00218. The van der Waals surface area contributed by atoms with E-state index in [-0.39, 0.29) is 30.0 Å². The van der Waals surface area contributed by atoms with E-state index >= 15 is 0 Å². The second-order valence-electron chi connectivity index (χ2n) is 4.29. The molecule has 4 atom stereocenters. The van der Waals surface area contributed by atoms with Gasteiger partial charge in [-0.1, -0.05) is 0 Å². The number of hydrogen-bond donors (Lipinski definition) is 2. The zero-order valence-electron chi connectivity index (χ0n) is 8.94. The van der Waals surface area contributed by atoms with Crippen LogP contribution in [0, 0.1) is 5.92 Å². The highest BCUT2D eigenvalue weighted by molar-refractivity contribution is 5.80. The number of hydrogen-bond acceptors (Lipinski definition) is 4. The number of ether oxygens (including phenoxy) is 2. The van der Waals surface area contributed by atoms with Crippen LogP contribution in [0.1, 0.15) is 13.3 Å². The molecule has 0 radical (unpaired) electrons. The maximum Gasteiger partial charge on any atom is 0.227 e. The molecule has 2 saturated heterocycles. The van der Waals surface area contributed by atoms with Gasteiger partial charge in [0.05, 0.1) is 31.3 Å². The molecule has 0 aromatic heterocycles. The fourth-order valence-corrected chi connectivity index (χ4v) is 2.05. The van der Waals surface area contributed by atoms with E-state index in [2.05, 4.69) is 5.32 Å². The van der Waals surface area contributed by atoms with Crippen molar-refractivity contribution in [1.29, 1.82) is 0 Å². The van der Waals surface area contributed by atoms with Crippen LogP contribution >= 0.6 is 0 Å². The molecule has 3 N–H and O–H groups in total. The molecule has 86 valence electrons. The fraction of sp³-hybridized carbons (Fsp3) is 0.900. The normalized spacial score (nSPS) is 40.7. The number of nitrogens with one attached hydrogen (secondary N) is 1. The Hall–Kier alpha value is -0.650. The lowest BCUT2D eigenvalue weighted by molar-refractivity contribution is -0.126. The van der Waals surface area contributed by atoms with Gasteiger partial charge in [0.2, 0.25) is 5.91 Å². The van der Waals surface area contributed by atoms with E-state index in [1.54, 1.807) is 0 Å². The Bertz CT molecular complexity index is 247. The van der Waals surface area contributed by atoms with Crippen molar-refractivity contribution in [2.75, 3.05) is 19.8 Å². The molecule has 5 nitrogen and oxygen atoms in total. The van der Waals surface area contributed by atoms with Gasteiger partial charge in [0.25, 0.3) is 0 Å². The topological polar surface area (TPSA) is 73.6 Å². The summed E-state index contributed by atoms with van der Waals surface area (Å²) in [6.45, 7) is 3.62. The predicted octanol–water partition coefficient (Wildman–Crippen LogP) is -0.746. The van der Waals surface area contributed by atoms with E-state index in [1.165, 1.54) is 0 Å². The first-order valence-corrected chi connectivity index (χ1v) is 5.44. The van der Waals surface area contributed by atoms with E-state index in [0.29, 0.717) is 13.2 Å². The lowest BCUT2D eigenvalue weighted by Gasteiger charge is -2.19. The van der Waals surface area contributed by atoms with Crippen LogP contribution in [-0.4, -0.2) is 43.9 Å². The highest BCUT2D eigenvalue weighted by Crippen LogP contribution is 2.16. The van der Waals surface area contributed by atoms with E-state index in [4.69, 9.17) is 15.2 Å². The Labute approximate surface area is 89.3 Å². The molecule has 0 saturated carbocycles. The zero-order chi connectivity index (χ0) is 10.8. The average Bonchev–Trinajstić information content (AvgIpc) is 2.76. The molecule has 2 aliphatic heterocycles. The van der Waals surface area contributed by atoms with Crippen molar-refractivity contribution in [2.24, 2.45) is 11.7 Å². The van der Waals surface area contributed by atoms with E-state index in [9.17, 15) is 4.79 Å². The molecule has 15 heavy (non-hydrogen) atoms. The van der Waals surface area contributed by atoms with Crippen LogP contribution in [0.5, 0.6) is 0 Å². The quantitative estimate of drug-likeness (QED) is 0.634. The van der Waals surface area contributed by atoms with Gasteiger partial charge in [-0.25, -0.2) is 0 Å². The number of nitrogens with two attached hydrogens (primary N) is 1. The van der Waals surface area contributed by atoms with Gasteiger partial charge in [-0.05, 0) is 13.3 Å². The first kappa shape index (κ1) is 10.9. The molecule has 2 heterocycles. The monoisotopic (exact) mass is 214 g/mol. The summed E-state index contributed by atoms with van der Waals surface area (Å²) < 4.78 is 10.5. The summed E-state index contributed by atoms with van der Waals surface area (Å²) in [6, 6.07) is -0.0343. The second-order valence-corrected chi connectivity index (χ2v) is 4.29. The lowest BCUT2D eigenvalue weighted by Crippen LogP contribution is -2.47. The molecular formula is C10H18N2O3. The molecule has 0 spiro atoms. The summed E-state index contributed by atoms with van der Waals surface area (Å²) in [6.07, 6.45) is 0.989. The van der Waals surface area contributed by atoms with E-state index < -0.39 is 0 Å². The van der Waals surface area contributed by atoms with Gasteiger partial charge in [0, 0.05) is 12.6 Å². The highest BCUT2D eigenvalue weighted by Gasteiger charge is 2.34. The molecule has 2 aliphatic rings. The van der Waals surface area contributed by atoms with E-state index in [1.807, 2.05) is 6.92 Å². The highest BCUT2D eigenvalue weighted by atomic mass is 16.5. The standard InChI is InChI=1S/C10H18N2O3/c1-6-9(2-3-15-6)12-10(13)7-4-14-5-8(7)11/h6-9H,2-5,11H2,1H3,(H,12,13). The zero-order valence-corrected chi connectivity index (χ0v) is 8.94. The van der Waals surface area contributed by atoms with Crippen molar-refractivity contribution in [2.45, 2.75) is 31.5 Å². The van der Waals surface area contributed by atoms with Gasteiger partial charge >= 0.3 is 0 Å². The molecule has 0 aromatic rings. The van der Waals surface area contributed by atoms with Crippen molar-refractivity contribution < 1.29 is 14.3 Å². The van der Waals surface area contributed by atoms with Crippen molar-refractivity contribution in [3.05, 3.63) is 0 Å². The number of rotatable bonds is 2. The third-order valence-electron chi connectivity index (χ3n) is 3.17. The Morgan fingerprint density at radius 1 is 1.47 bits per heavy atom. The minimum atomic E-state index is -0.196. The van der Waals surface area contributed by atoms with Gasteiger partial charge in [-0.2, -0.15) is 0 Å². The van der Waals surface area contributed by atoms with Crippen molar-refractivity contribution in [3.8, 4) is 0 Å². The van der Waals surface area contributed by atoms with Crippen molar-refractivity contribution in [1.82, 2.24) is 5.32 Å². The van der Waals surface area contributed by atoms with Gasteiger partial charge < -0.3 is 20.5 Å². The smallest absolute Gasteiger partial charge is 0.227 e. The molecular weight excluding hydrogens is 196 g/mol. The van der Waals surface area contributed by atoms with Crippen molar-refractivity contribution >= 4 is 5.91 Å². The summed E-state index contributed by atoms with van der Waals surface area (Å²) in [5.74, 6) is -0.194. The van der Waals surface area contributed by atoms with Crippen LogP contribution < -0.4 is 11.1 Å². The van der Waals surface area contributed by atoms with E-state index in [0.717, 1.165) is 13.0 Å². The predicted molar refractivity (Wildman–Crippen MR) is 54.2 cm³/mol. The van der Waals surface area contributed by atoms with Crippen LogP contribution in [0.25, 0.3) is 0 Å². The second kappa shape index (κ2) is 4.47. The number of carbonyl (C=O) groups is 1. The average molecular weight is 214 g/mol. The Morgan fingerprint density at radius 3 is 2.80 bits per heavy atom. The van der Waals surface area contributed by atoms with Crippen LogP contribution in [0.2, 0.25) is 0 Å². The lowest BCUT2D eigenvalue weighted by atomic mass is 10.0. The van der Waals surface area contributed by atoms with Gasteiger partial charge in [-0.15, -0.1) is 0 Å². The Kier molecular flexibility index (Phi) is 3.23. The fourth-order valence-electron chi connectivity index (χ4n) is 2.05. The first-order valence-electron chi connectivity index (χ1n) is 5.44. The molecule has 0 bridgehead atoms. The summed E-state index contributed by atoms with van der Waals surface area (Å²) in [5, 5.41) is 2.98. The molecule has 2 fully saturated rings. The summed E-state index contributed by atoms with van der Waals surface area (Å²) in [7, 11) is 0. The summed E-state index contributed by atoms with van der Waals surface area (Å²) in [5.41, 5.74) is 5.77. The van der Waals surface area contributed by atoms with Crippen LogP contribution in [0.15, 0.2) is 0 Å². The van der Waals surface area contributed by atoms with Crippen LogP contribution in [-0.2, 0) is 14.3 Å². The maximum absolute atomic E-state index is 11.8. The van der Waals surface area contributed by atoms with Crippen molar-refractivity contribution in [3.63, 3.8) is 0 Å². The third kappa shape index (κ3) is 2.30. The summed E-state index contributed by atoms with van der Waals surface area (Å²) in [4.78, 5) is 11.8. The van der Waals surface area contributed by atoms with Gasteiger partial charge in [0.1, 0.15) is 0 Å². The van der Waals surface area contributed by atoms with Crippen LogP contribution in [0.3, 0.4) is 0 Å². The Morgan fingerprint density at radius 2 is 2.27 bits per heavy atom. The molecule has 0 aromatic carbocycles. The number of carbonyl (C=O) groups excluding carboxylic acids is 1. The first-order chi connectivity index (χ1) is 7.18. The maximum atomic E-state index is 11.8. The summed E-state index contributed by atoms with van der Waals surface area (Å²) >= 11 is 0. The van der Waals surface area contributed by atoms with Crippen LogP contribution in [0.4, 0.5) is 0 Å². The third-order valence-corrected chi connectivity index (χ3v) is 3.17. The molecule has 4 unspecified atom stereocenters.